The summed E-state index contributed by atoms with van der Waals surface area (Å²) in [6, 6.07) is 2.17. The van der Waals surface area contributed by atoms with Crippen LogP contribution >= 0.6 is 0 Å². The molecule has 2 atom stereocenters. The second-order valence-electron chi connectivity index (χ2n) is 10.9. The fraction of sp³-hybridized carbons (Fsp3) is 0.621. The second-order valence-corrected chi connectivity index (χ2v) is 10.9. The summed E-state index contributed by atoms with van der Waals surface area (Å²) in [5, 5.41) is 15.9. The smallest absolute Gasteiger partial charge is 0.408 e. The van der Waals surface area contributed by atoms with Gasteiger partial charge in [-0.3, -0.25) is 19.2 Å². The van der Waals surface area contributed by atoms with E-state index in [1.165, 1.54) is 18.1 Å². The van der Waals surface area contributed by atoms with E-state index in [0.29, 0.717) is 12.0 Å². The molecule has 5 N–H and O–H groups in total. The number of unbranched alkanes of at least 4 members (excludes halogenated alkanes) is 4. The van der Waals surface area contributed by atoms with Gasteiger partial charge in [0.15, 0.2) is 0 Å². The standard InChI is InChI=1S/C29H46N4O8/c1-7-8-9-10-11-17-33(27(38)21(15-16-22(30)34)32-28(39)41-29(3,4)5)24(26(37)31-18-23(35)40-6)20-14-12-13-19(2)25(20)36/h12-14,21,24,36H,7-11,15-18H2,1-6H3,(H2,30,34)(H,31,37)(H,32,39). The molecule has 0 bridgehead atoms. The van der Waals surface area contributed by atoms with Crippen molar-refractivity contribution in [2.75, 3.05) is 20.2 Å². The van der Waals surface area contributed by atoms with Crippen LogP contribution < -0.4 is 16.4 Å². The molecular weight excluding hydrogens is 532 g/mol. The lowest BCUT2D eigenvalue weighted by Crippen LogP contribution is -2.53. The number of hydrogen-bond acceptors (Lipinski definition) is 8. The Morgan fingerprint density at radius 2 is 1.73 bits per heavy atom. The lowest BCUT2D eigenvalue weighted by Gasteiger charge is -2.35. The number of para-hydroxylation sites is 1. The van der Waals surface area contributed by atoms with E-state index < -0.39 is 54.0 Å². The van der Waals surface area contributed by atoms with Gasteiger partial charge >= 0.3 is 12.1 Å². The molecule has 12 nitrogen and oxygen atoms in total. The lowest BCUT2D eigenvalue weighted by atomic mass is 9.98. The van der Waals surface area contributed by atoms with Crippen LogP contribution in [0.2, 0.25) is 0 Å². The van der Waals surface area contributed by atoms with Crippen LogP contribution in [-0.4, -0.2) is 71.6 Å². The molecule has 0 saturated heterocycles. The van der Waals surface area contributed by atoms with E-state index in [0.717, 1.165) is 25.7 Å². The normalized spacial score (nSPS) is 12.5. The topological polar surface area (TPSA) is 177 Å². The van der Waals surface area contributed by atoms with Crippen LogP contribution in [0.1, 0.15) is 89.8 Å². The van der Waals surface area contributed by atoms with Crippen LogP contribution in [0.15, 0.2) is 18.2 Å². The summed E-state index contributed by atoms with van der Waals surface area (Å²) in [6.45, 7) is 8.35. The predicted octanol–water partition coefficient (Wildman–Crippen LogP) is 2.99. The minimum absolute atomic E-state index is 0.0926. The largest absolute Gasteiger partial charge is 0.507 e. The first-order valence-corrected chi connectivity index (χ1v) is 13.9. The molecule has 0 aliphatic rings. The van der Waals surface area contributed by atoms with Gasteiger partial charge in [0, 0.05) is 18.5 Å². The molecule has 230 valence electrons. The third-order valence-electron chi connectivity index (χ3n) is 6.21. The maximum absolute atomic E-state index is 14.1. The molecule has 1 aromatic rings. The third-order valence-corrected chi connectivity index (χ3v) is 6.21. The van der Waals surface area contributed by atoms with E-state index >= 15 is 0 Å². The number of phenols is 1. The number of aromatic hydroxyl groups is 1. The van der Waals surface area contributed by atoms with Crippen molar-refractivity contribution in [3.05, 3.63) is 29.3 Å². The highest BCUT2D eigenvalue weighted by Gasteiger charge is 2.37. The van der Waals surface area contributed by atoms with Crippen LogP contribution in [0.4, 0.5) is 4.79 Å². The molecule has 12 heteroatoms. The highest BCUT2D eigenvalue weighted by molar-refractivity contribution is 5.94. The van der Waals surface area contributed by atoms with Gasteiger partial charge in [-0.05, 0) is 46.1 Å². The Balaban J connectivity index is 3.58. The Labute approximate surface area is 242 Å². The Kier molecular flexibility index (Phi) is 14.7. The van der Waals surface area contributed by atoms with Crippen molar-refractivity contribution in [1.82, 2.24) is 15.5 Å². The van der Waals surface area contributed by atoms with Crippen molar-refractivity contribution < 1.29 is 38.6 Å². The molecule has 2 unspecified atom stereocenters. The minimum Gasteiger partial charge on any atom is -0.507 e. The van der Waals surface area contributed by atoms with Gasteiger partial charge in [-0.15, -0.1) is 0 Å². The highest BCUT2D eigenvalue weighted by atomic mass is 16.6. The number of nitrogens with one attached hydrogen (secondary N) is 2. The Morgan fingerprint density at radius 1 is 1.07 bits per heavy atom. The van der Waals surface area contributed by atoms with Gasteiger partial charge in [0.25, 0.3) is 0 Å². The molecule has 0 spiro atoms. The SMILES string of the molecule is CCCCCCCN(C(=O)C(CCC(N)=O)NC(=O)OC(C)(C)C)C(C(=O)NCC(=O)OC)c1cccc(C)c1O. The summed E-state index contributed by atoms with van der Waals surface area (Å²) >= 11 is 0. The van der Waals surface area contributed by atoms with E-state index in [2.05, 4.69) is 22.3 Å². The monoisotopic (exact) mass is 578 g/mol. The van der Waals surface area contributed by atoms with Crippen LogP contribution in [0.25, 0.3) is 0 Å². The summed E-state index contributed by atoms with van der Waals surface area (Å²) < 4.78 is 9.95. The van der Waals surface area contributed by atoms with Crippen molar-refractivity contribution in [2.45, 2.75) is 97.2 Å². The van der Waals surface area contributed by atoms with Crippen molar-refractivity contribution in [2.24, 2.45) is 5.73 Å². The number of ether oxygens (including phenoxy) is 2. The van der Waals surface area contributed by atoms with Crippen LogP contribution in [0, 0.1) is 6.92 Å². The van der Waals surface area contributed by atoms with Gasteiger partial charge in [-0.2, -0.15) is 0 Å². The molecule has 0 aliphatic carbocycles. The van der Waals surface area contributed by atoms with Crippen molar-refractivity contribution >= 4 is 29.8 Å². The van der Waals surface area contributed by atoms with Crippen LogP contribution in [-0.2, 0) is 28.7 Å². The quantitative estimate of drug-likeness (QED) is 0.171. The first-order valence-electron chi connectivity index (χ1n) is 13.9. The molecule has 0 heterocycles. The van der Waals surface area contributed by atoms with Crippen molar-refractivity contribution in [1.29, 1.82) is 0 Å². The van der Waals surface area contributed by atoms with E-state index in [9.17, 15) is 29.1 Å². The first-order chi connectivity index (χ1) is 19.2. The zero-order valence-electron chi connectivity index (χ0n) is 25.1. The Morgan fingerprint density at radius 3 is 2.32 bits per heavy atom. The van der Waals surface area contributed by atoms with Crippen molar-refractivity contribution in [3.8, 4) is 5.75 Å². The predicted molar refractivity (Wildman–Crippen MR) is 153 cm³/mol. The Hall–Kier alpha value is -3.83. The van der Waals surface area contributed by atoms with Gasteiger partial charge in [-0.1, -0.05) is 50.8 Å². The number of nitrogens with two attached hydrogens (primary N) is 1. The zero-order valence-corrected chi connectivity index (χ0v) is 25.1. The van der Waals surface area contributed by atoms with Gasteiger partial charge in [0.1, 0.15) is 30.0 Å². The number of benzene rings is 1. The number of amides is 4. The average molecular weight is 579 g/mol. The first kappa shape index (κ1) is 35.2. The number of rotatable bonds is 16. The molecule has 0 saturated carbocycles. The number of nitrogens with zero attached hydrogens (tertiary/aromatic N) is 1. The lowest BCUT2D eigenvalue weighted by molar-refractivity contribution is -0.145. The molecule has 0 fully saturated rings. The van der Waals surface area contributed by atoms with Gasteiger partial charge in [-0.25, -0.2) is 4.79 Å². The molecule has 1 rings (SSSR count). The third kappa shape index (κ3) is 12.5. The number of aryl methyl sites for hydroxylation is 1. The molecule has 4 amide bonds. The number of phenolic OH excluding ortho intramolecular Hbond substituents is 1. The maximum atomic E-state index is 14.1. The number of alkyl carbamates (subject to hydrolysis) is 1. The summed E-state index contributed by atoms with van der Waals surface area (Å²) in [6.07, 6.45) is 2.96. The number of methoxy groups -OCH3 is 1. The fourth-order valence-electron chi connectivity index (χ4n) is 4.13. The summed E-state index contributed by atoms with van der Waals surface area (Å²) in [4.78, 5) is 65.1. The van der Waals surface area contributed by atoms with Crippen molar-refractivity contribution in [3.63, 3.8) is 0 Å². The van der Waals surface area contributed by atoms with Crippen LogP contribution in [0.5, 0.6) is 5.75 Å². The summed E-state index contributed by atoms with van der Waals surface area (Å²) in [7, 11) is 1.18. The number of esters is 1. The molecule has 41 heavy (non-hydrogen) atoms. The highest BCUT2D eigenvalue weighted by Crippen LogP contribution is 2.33. The molecule has 0 aliphatic heterocycles. The van der Waals surface area contributed by atoms with Crippen LogP contribution in [0.3, 0.4) is 0 Å². The van der Waals surface area contributed by atoms with Gasteiger partial charge < -0.3 is 35.8 Å². The average Bonchev–Trinajstić information content (AvgIpc) is 2.89. The zero-order chi connectivity index (χ0) is 31.2. The minimum atomic E-state index is -1.37. The molecule has 0 aromatic heterocycles. The Bertz CT molecular complexity index is 1050. The maximum Gasteiger partial charge on any atom is 0.408 e. The molecule has 0 radical (unpaired) electrons. The van der Waals surface area contributed by atoms with E-state index in [1.807, 2.05) is 0 Å². The van der Waals surface area contributed by atoms with E-state index in [4.69, 9.17) is 10.5 Å². The second kappa shape index (κ2) is 17.1. The number of hydrogen-bond donors (Lipinski definition) is 4. The molecule has 1 aromatic carbocycles. The van der Waals surface area contributed by atoms with Gasteiger partial charge in [0.05, 0.1) is 7.11 Å². The number of primary amides is 1. The molecular formula is C29H46N4O8. The fourth-order valence-corrected chi connectivity index (χ4v) is 4.13. The summed E-state index contributed by atoms with van der Waals surface area (Å²) in [5.74, 6) is -2.98. The van der Waals surface area contributed by atoms with E-state index in [1.54, 1.807) is 39.8 Å². The van der Waals surface area contributed by atoms with Gasteiger partial charge in [0.2, 0.25) is 17.7 Å². The summed E-state index contributed by atoms with van der Waals surface area (Å²) in [5.41, 5.74) is 5.10. The number of carbonyl (C=O) groups excluding carboxylic acids is 5. The number of carbonyl (C=O) groups is 5. The van der Waals surface area contributed by atoms with E-state index in [-0.39, 0.29) is 30.7 Å².